The van der Waals surface area contributed by atoms with Gasteiger partial charge in [-0.15, -0.1) is 0 Å². The molecule has 16 heteroatoms. The van der Waals surface area contributed by atoms with E-state index in [-0.39, 0.29) is 12.2 Å². The molecule has 3 amide bonds. The number of phosphoric acid groups is 1. The maximum absolute atomic E-state index is 13.0. The van der Waals surface area contributed by atoms with Crippen molar-refractivity contribution < 1.29 is 53.4 Å². The first kappa shape index (κ1) is 30.2. The van der Waals surface area contributed by atoms with Crippen LogP contribution in [0.3, 0.4) is 0 Å². The predicted octanol–water partition coefficient (Wildman–Crippen LogP) is -2.64. The molecule has 37 heavy (non-hydrogen) atoms. The molecule has 9 N–H and O–H groups in total. The number of hydrogen-bond donors (Lipinski definition) is 9. The van der Waals surface area contributed by atoms with Gasteiger partial charge in [-0.2, -0.15) is 0 Å². The summed E-state index contributed by atoms with van der Waals surface area (Å²) in [5.74, 6) is -4.08. The van der Waals surface area contributed by atoms with E-state index in [0.717, 1.165) is 6.42 Å². The molecule has 1 aromatic carbocycles. The van der Waals surface area contributed by atoms with Gasteiger partial charge >= 0.3 is 13.8 Å². The fraction of sp³-hybridized carbons (Fsp3) is 0.524. The molecular weight excluding hydrogens is 515 g/mol. The fourth-order valence-electron chi connectivity index (χ4n) is 3.56. The molecule has 0 saturated carbocycles. The van der Waals surface area contributed by atoms with Crippen molar-refractivity contribution in [2.75, 3.05) is 13.2 Å². The van der Waals surface area contributed by atoms with Gasteiger partial charge in [-0.1, -0.05) is 12.1 Å². The highest BCUT2D eigenvalue weighted by Crippen LogP contribution is 2.37. The van der Waals surface area contributed by atoms with Crippen molar-refractivity contribution in [3.8, 4) is 5.75 Å². The molecule has 1 saturated heterocycles. The molecule has 1 heterocycles. The third kappa shape index (κ3) is 9.72. The van der Waals surface area contributed by atoms with Crippen molar-refractivity contribution in [2.24, 2.45) is 0 Å². The first-order valence-corrected chi connectivity index (χ1v) is 12.8. The van der Waals surface area contributed by atoms with E-state index >= 15 is 0 Å². The van der Waals surface area contributed by atoms with Crippen molar-refractivity contribution in [1.82, 2.24) is 21.3 Å². The van der Waals surface area contributed by atoms with Gasteiger partial charge in [0.15, 0.2) is 0 Å². The summed E-state index contributed by atoms with van der Waals surface area (Å²) >= 11 is 0. The van der Waals surface area contributed by atoms with Crippen LogP contribution in [0.15, 0.2) is 24.3 Å². The first-order valence-electron chi connectivity index (χ1n) is 11.3. The third-order valence-corrected chi connectivity index (χ3v) is 5.91. The molecule has 2 rings (SSSR count). The number of carboxylic acid groups (broad SMARTS) is 1. The number of amides is 3. The topological polar surface area (TPSA) is 244 Å². The predicted molar refractivity (Wildman–Crippen MR) is 126 cm³/mol. The Hall–Kier alpha value is -3.07. The standard InChI is InChI=1S/C21H31N4O11P/c1-11(27)17(25-18(28)14-3-2-8-22-14)20(30)23-15(19(29)24-16(10-26)21(31)32)9-12-4-6-13(7-5-12)36-37(33,34)35/h4-7,11,14-17,22,26-27H,2-3,8-10H2,1H3,(H,23,30)(H,24,29)(H,25,28)(H,31,32)(H2,33,34,35)/t11-,14+,15?,16+,17+/m1/s1. The molecule has 5 atom stereocenters. The zero-order valence-corrected chi connectivity index (χ0v) is 20.8. The van der Waals surface area contributed by atoms with Crippen molar-refractivity contribution in [1.29, 1.82) is 0 Å². The first-order chi connectivity index (χ1) is 17.3. The summed E-state index contributed by atoms with van der Waals surface area (Å²) in [5, 5.41) is 38.4. The number of hydrogen-bond acceptors (Lipinski definition) is 9. The van der Waals surface area contributed by atoms with Gasteiger partial charge in [-0.3, -0.25) is 24.2 Å². The van der Waals surface area contributed by atoms with E-state index in [1.165, 1.54) is 31.2 Å². The van der Waals surface area contributed by atoms with Crippen LogP contribution >= 0.6 is 7.82 Å². The van der Waals surface area contributed by atoms with E-state index in [1.807, 2.05) is 0 Å². The summed E-state index contributed by atoms with van der Waals surface area (Å²) in [6.45, 7) is 0.976. The lowest BCUT2D eigenvalue weighted by atomic mass is 10.0. The minimum atomic E-state index is -4.80. The number of carbonyl (C=O) groups is 4. The van der Waals surface area contributed by atoms with Crippen LogP contribution < -0.4 is 25.8 Å². The van der Waals surface area contributed by atoms with Crippen molar-refractivity contribution >= 4 is 31.5 Å². The lowest BCUT2D eigenvalue weighted by Crippen LogP contribution is -2.60. The van der Waals surface area contributed by atoms with Crippen molar-refractivity contribution in [2.45, 2.75) is 56.5 Å². The van der Waals surface area contributed by atoms with Crippen molar-refractivity contribution in [3.05, 3.63) is 29.8 Å². The average molecular weight is 546 g/mol. The van der Waals surface area contributed by atoms with Crippen LogP contribution in [-0.2, 0) is 30.2 Å². The minimum absolute atomic E-state index is 0.161. The summed E-state index contributed by atoms with van der Waals surface area (Å²) in [6.07, 6.45) is -0.262. The van der Waals surface area contributed by atoms with Crippen LogP contribution in [0.1, 0.15) is 25.3 Å². The Morgan fingerprint density at radius 2 is 1.70 bits per heavy atom. The highest BCUT2D eigenvalue weighted by molar-refractivity contribution is 7.46. The molecule has 0 spiro atoms. The third-order valence-electron chi connectivity index (χ3n) is 5.46. The lowest BCUT2D eigenvalue weighted by Gasteiger charge is -2.26. The molecule has 1 aliphatic heterocycles. The molecular formula is C21H31N4O11P. The maximum Gasteiger partial charge on any atom is 0.524 e. The average Bonchev–Trinajstić information content (AvgIpc) is 3.35. The van der Waals surface area contributed by atoms with Gasteiger partial charge in [0.25, 0.3) is 0 Å². The van der Waals surface area contributed by atoms with Gasteiger partial charge in [0, 0.05) is 6.42 Å². The maximum atomic E-state index is 13.0. The molecule has 0 aliphatic carbocycles. The second-order valence-corrected chi connectivity index (χ2v) is 9.61. The van der Waals surface area contributed by atoms with Crippen molar-refractivity contribution in [3.63, 3.8) is 0 Å². The Balaban J connectivity index is 2.21. The normalized spacial score (nSPS) is 18.7. The molecule has 1 aliphatic rings. The Labute approximate surface area is 211 Å². The van der Waals surface area contributed by atoms with Crippen LogP contribution in [0.2, 0.25) is 0 Å². The number of phosphoric ester groups is 1. The Bertz CT molecular complexity index is 1010. The SMILES string of the molecule is C[C@@H](O)[C@H](NC(=O)[C@@H]1CCCN1)C(=O)NC(Cc1ccc(OP(=O)(O)O)cc1)C(=O)N[C@@H](CO)C(=O)O. The van der Waals surface area contributed by atoms with E-state index in [2.05, 4.69) is 25.8 Å². The number of carboxylic acids is 1. The molecule has 15 nitrogen and oxygen atoms in total. The Morgan fingerprint density at radius 3 is 2.19 bits per heavy atom. The molecule has 0 aromatic heterocycles. The van der Waals surface area contributed by atoms with Gasteiger partial charge in [0.2, 0.25) is 17.7 Å². The number of aliphatic hydroxyl groups is 2. The highest BCUT2D eigenvalue weighted by atomic mass is 31.2. The van der Waals surface area contributed by atoms with Gasteiger partial charge in [0.1, 0.15) is 23.9 Å². The summed E-state index contributed by atoms with van der Waals surface area (Å²) in [6, 6.07) is 0.0956. The van der Waals surface area contributed by atoms with Crippen LogP contribution in [0, 0.1) is 0 Å². The molecule has 1 aromatic rings. The monoisotopic (exact) mass is 546 g/mol. The zero-order chi connectivity index (χ0) is 27.8. The smallest absolute Gasteiger partial charge is 0.480 e. The quantitative estimate of drug-likeness (QED) is 0.115. The number of benzene rings is 1. The van der Waals surface area contributed by atoms with Gasteiger partial charge in [0.05, 0.1) is 18.8 Å². The van der Waals surface area contributed by atoms with Crippen LogP contribution in [0.4, 0.5) is 0 Å². The van der Waals surface area contributed by atoms with E-state index in [9.17, 15) is 34.0 Å². The number of nitrogens with one attached hydrogen (secondary N) is 4. The van der Waals surface area contributed by atoms with Gasteiger partial charge in [-0.25, -0.2) is 9.36 Å². The molecule has 1 unspecified atom stereocenters. The summed E-state index contributed by atoms with van der Waals surface area (Å²) in [7, 11) is -4.80. The second-order valence-electron chi connectivity index (χ2n) is 8.45. The molecule has 1 fully saturated rings. The summed E-state index contributed by atoms with van der Waals surface area (Å²) in [5.41, 5.74) is 0.377. The molecule has 0 radical (unpaired) electrons. The van der Waals surface area contributed by atoms with E-state index in [1.54, 1.807) is 0 Å². The largest absolute Gasteiger partial charge is 0.524 e. The van der Waals surface area contributed by atoms with Gasteiger partial charge < -0.3 is 41.1 Å². The lowest BCUT2D eigenvalue weighted by molar-refractivity contribution is -0.143. The molecule has 0 bridgehead atoms. The summed E-state index contributed by atoms with van der Waals surface area (Å²) in [4.78, 5) is 67.3. The van der Waals surface area contributed by atoms with E-state index in [4.69, 9.17) is 14.9 Å². The Kier molecular flexibility index (Phi) is 11.0. The fourth-order valence-corrected chi connectivity index (χ4v) is 3.95. The zero-order valence-electron chi connectivity index (χ0n) is 19.9. The molecule has 206 valence electrons. The highest BCUT2D eigenvalue weighted by Gasteiger charge is 2.33. The minimum Gasteiger partial charge on any atom is -0.480 e. The van der Waals surface area contributed by atoms with Gasteiger partial charge in [-0.05, 0) is 44.0 Å². The number of rotatable bonds is 13. The van der Waals surface area contributed by atoms with E-state index < -0.39 is 68.4 Å². The second kappa shape index (κ2) is 13.5. The Morgan fingerprint density at radius 1 is 1.08 bits per heavy atom. The van der Waals surface area contributed by atoms with Crippen LogP contribution in [0.25, 0.3) is 0 Å². The van der Waals surface area contributed by atoms with Crippen LogP contribution in [-0.4, -0.2) is 92.2 Å². The van der Waals surface area contributed by atoms with Crippen LogP contribution in [0.5, 0.6) is 5.75 Å². The number of carbonyl (C=O) groups excluding carboxylic acids is 3. The number of aliphatic carboxylic acids is 1. The van der Waals surface area contributed by atoms with E-state index in [0.29, 0.717) is 18.5 Å². The summed E-state index contributed by atoms with van der Waals surface area (Å²) < 4.78 is 15.4. The number of aliphatic hydroxyl groups excluding tert-OH is 2.